The molecule has 2 rings (SSSR count). The van der Waals surface area contributed by atoms with Crippen LogP contribution in [0.1, 0.15) is 80.1 Å². The van der Waals surface area contributed by atoms with E-state index in [0.29, 0.717) is 35.5 Å². The molecule has 0 aromatic rings. The first-order valence-corrected chi connectivity index (χ1v) is 11.3. The quantitative estimate of drug-likeness (QED) is 0.439. The van der Waals surface area contributed by atoms with Gasteiger partial charge in [0.2, 0.25) is 0 Å². The molecule has 6 atom stereocenters. The van der Waals surface area contributed by atoms with Crippen LogP contribution in [0.5, 0.6) is 0 Å². The van der Waals surface area contributed by atoms with Crippen molar-refractivity contribution in [3.63, 3.8) is 0 Å². The molecule has 0 radical (unpaired) electrons. The molecule has 2 fully saturated rings. The van der Waals surface area contributed by atoms with Gasteiger partial charge in [-0.1, -0.05) is 54.4 Å². The molecule has 0 bridgehead atoms. The van der Waals surface area contributed by atoms with Crippen LogP contribution in [-0.2, 0) is 19.1 Å². The summed E-state index contributed by atoms with van der Waals surface area (Å²) in [4.78, 5) is 24.6. The molecule has 160 valence electrons. The Labute approximate surface area is 171 Å². The van der Waals surface area contributed by atoms with E-state index in [9.17, 15) is 9.59 Å². The summed E-state index contributed by atoms with van der Waals surface area (Å²) in [6.45, 7) is 13.2. The van der Waals surface area contributed by atoms with E-state index < -0.39 is 11.9 Å². The molecule has 2 saturated carbocycles. The second-order valence-electron chi connectivity index (χ2n) is 9.94. The Kier molecular flexibility index (Phi) is 8.57. The van der Waals surface area contributed by atoms with Crippen LogP contribution in [-0.4, -0.2) is 24.1 Å². The maximum absolute atomic E-state index is 12.3. The summed E-state index contributed by atoms with van der Waals surface area (Å²) in [7, 11) is 0. The Morgan fingerprint density at radius 3 is 1.39 bits per heavy atom. The van der Waals surface area contributed by atoms with E-state index >= 15 is 0 Å². The molecule has 2 aliphatic rings. The molecule has 0 spiro atoms. The van der Waals surface area contributed by atoms with Gasteiger partial charge in [-0.25, -0.2) is 9.59 Å². The van der Waals surface area contributed by atoms with Crippen molar-refractivity contribution in [2.24, 2.45) is 35.5 Å². The van der Waals surface area contributed by atoms with Crippen LogP contribution in [0.25, 0.3) is 0 Å². The zero-order valence-corrected chi connectivity index (χ0v) is 18.6. The first-order chi connectivity index (χ1) is 13.2. The summed E-state index contributed by atoms with van der Waals surface area (Å²) in [6.07, 6.45) is 8.77. The smallest absolute Gasteiger partial charge is 0.331 e. The molecule has 0 N–H and O–H groups in total. The number of hydrogen-bond acceptors (Lipinski definition) is 4. The molecule has 0 amide bonds. The fourth-order valence-corrected chi connectivity index (χ4v) is 5.01. The first-order valence-electron chi connectivity index (χ1n) is 11.3. The molecular weight excluding hydrogens is 352 g/mol. The normalized spacial score (nSPS) is 34.0. The lowest BCUT2D eigenvalue weighted by Gasteiger charge is -2.36. The van der Waals surface area contributed by atoms with Crippen molar-refractivity contribution >= 4 is 11.9 Å². The highest BCUT2D eigenvalue weighted by atomic mass is 16.5. The summed E-state index contributed by atoms with van der Waals surface area (Å²) in [6, 6.07) is 0. The molecular formula is C24H40O4. The zero-order valence-electron chi connectivity index (χ0n) is 18.6. The fraction of sp³-hybridized carbons (Fsp3) is 0.833. The average molecular weight is 393 g/mol. The molecule has 28 heavy (non-hydrogen) atoms. The molecule has 1 unspecified atom stereocenters. The van der Waals surface area contributed by atoms with E-state index in [1.807, 2.05) is 0 Å². The number of esters is 2. The van der Waals surface area contributed by atoms with E-state index in [0.717, 1.165) is 25.7 Å². The Hall–Kier alpha value is -1.32. The van der Waals surface area contributed by atoms with Crippen molar-refractivity contribution in [1.29, 1.82) is 0 Å². The minimum Gasteiger partial charge on any atom is -0.459 e. The average Bonchev–Trinajstić information content (AvgIpc) is 2.59. The van der Waals surface area contributed by atoms with Crippen molar-refractivity contribution in [2.75, 3.05) is 0 Å². The van der Waals surface area contributed by atoms with Crippen molar-refractivity contribution in [3.05, 3.63) is 12.2 Å². The summed E-state index contributed by atoms with van der Waals surface area (Å²) >= 11 is 0. The predicted molar refractivity (Wildman–Crippen MR) is 112 cm³/mol. The third-order valence-corrected chi connectivity index (χ3v) is 6.81. The highest BCUT2D eigenvalue weighted by Gasteiger charge is 2.34. The van der Waals surface area contributed by atoms with Crippen LogP contribution in [0.4, 0.5) is 0 Å². The number of ether oxygens (including phenoxy) is 2. The Balaban J connectivity index is 1.89. The first kappa shape index (κ1) is 23.0. The summed E-state index contributed by atoms with van der Waals surface area (Å²) < 4.78 is 11.4. The Morgan fingerprint density at radius 1 is 0.714 bits per heavy atom. The lowest BCUT2D eigenvalue weighted by molar-refractivity contribution is -0.152. The number of rotatable bonds is 6. The standard InChI is InChI=1S/C24H40O4/c1-15(2)19-9-7-17(5)13-21(19)27-23(25)11-12-24(26)28-22-14-18(6)8-10-20(22)16(3)4/h11-12,15-22H,7-10,13-14H2,1-6H3/b12-11+/t17-,18?,19+,20+,21-,22-/m1/s1. The highest BCUT2D eigenvalue weighted by molar-refractivity contribution is 5.91. The van der Waals surface area contributed by atoms with Crippen LogP contribution in [0.15, 0.2) is 12.2 Å². The van der Waals surface area contributed by atoms with Crippen LogP contribution in [0, 0.1) is 35.5 Å². The summed E-state index contributed by atoms with van der Waals surface area (Å²) in [5, 5.41) is 0. The molecule has 2 aliphatic carbocycles. The number of carbonyl (C=O) groups is 2. The van der Waals surface area contributed by atoms with Crippen LogP contribution in [0.2, 0.25) is 0 Å². The van der Waals surface area contributed by atoms with Gasteiger partial charge in [-0.3, -0.25) is 0 Å². The lowest BCUT2D eigenvalue weighted by Crippen LogP contribution is -2.36. The van der Waals surface area contributed by atoms with Gasteiger partial charge in [0.15, 0.2) is 0 Å². The summed E-state index contributed by atoms with van der Waals surface area (Å²) in [5.41, 5.74) is 0. The molecule has 0 aromatic carbocycles. The third kappa shape index (κ3) is 6.63. The Morgan fingerprint density at radius 2 is 1.07 bits per heavy atom. The predicted octanol–water partition coefficient (Wildman–Crippen LogP) is 5.55. The van der Waals surface area contributed by atoms with Gasteiger partial charge < -0.3 is 9.47 Å². The van der Waals surface area contributed by atoms with Crippen molar-refractivity contribution in [3.8, 4) is 0 Å². The zero-order chi connectivity index (χ0) is 20.8. The van der Waals surface area contributed by atoms with E-state index in [2.05, 4.69) is 41.5 Å². The maximum atomic E-state index is 12.3. The Bertz CT molecular complexity index is 503. The van der Waals surface area contributed by atoms with Gasteiger partial charge in [-0.05, 0) is 61.2 Å². The SMILES string of the molecule is CC1CC[C@@H](C(C)C)[C@H](OC(=O)/C=C/C(=O)O[C@@H]2C[C@H](C)CC[C@H]2C(C)C)C1. The molecule has 0 aromatic heterocycles. The van der Waals surface area contributed by atoms with Gasteiger partial charge in [0.1, 0.15) is 12.2 Å². The van der Waals surface area contributed by atoms with Crippen LogP contribution in [0.3, 0.4) is 0 Å². The highest BCUT2D eigenvalue weighted by Crippen LogP contribution is 2.36. The third-order valence-electron chi connectivity index (χ3n) is 6.81. The molecule has 0 saturated heterocycles. The van der Waals surface area contributed by atoms with E-state index in [1.165, 1.54) is 25.0 Å². The van der Waals surface area contributed by atoms with Crippen molar-refractivity contribution < 1.29 is 19.1 Å². The number of carbonyl (C=O) groups excluding carboxylic acids is 2. The molecule has 4 nitrogen and oxygen atoms in total. The maximum Gasteiger partial charge on any atom is 0.331 e. The van der Waals surface area contributed by atoms with E-state index in [-0.39, 0.29) is 12.2 Å². The molecule has 0 aliphatic heterocycles. The van der Waals surface area contributed by atoms with Gasteiger partial charge in [0.25, 0.3) is 0 Å². The van der Waals surface area contributed by atoms with E-state index in [4.69, 9.17) is 9.47 Å². The van der Waals surface area contributed by atoms with Crippen LogP contribution < -0.4 is 0 Å². The largest absolute Gasteiger partial charge is 0.459 e. The van der Waals surface area contributed by atoms with Gasteiger partial charge >= 0.3 is 11.9 Å². The van der Waals surface area contributed by atoms with Gasteiger partial charge in [0.05, 0.1) is 0 Å². The second-order valence-corrected chi connectivity index (χ2v) is 9.94. The minimum absolute atomic E-state index is 0.0542. The van der Waals surface area contributed by atoms with Crippen LogP contribution >= 0.6 is 0 Å². The van der Waals surface area contributed by atoms with Crippen molar-refractivity contribution in [1.82, 2.24) is 0 Å². The topological polar surface area (TPSA) is 52.6 Å². The molecule has 4 heteroatoms. The van der Waals surface area contributed by atoms with Gasteiger partial charge in [-0.2, -0.15) is 0 Å². The fourth-order valence-electron chi connectivity index (χ4n) is 5.01. The molecule has 0 heterocycles. The second kappa shape index (κ2) is 10.5. The number of hydrogen-bond donors (Lipinski definition) is 0. The van der Waals surface area contributed by atoms with E-state index in [1.54, 1.807) is 0 Å². The van der Waals surface area contributed by atoms with Gasteiger partial charge in [-0.15, -0.1) is 0 Å². The summed E-state index contributed by atoms with van der Waals surface area (Å²) in [5.74, 6) is 2.05. The lowest BCUT2D eigenvalue weighted by atomic mass is 9.75. The minimum atomic E-state index is -0.431. The van der Waals surface area contributed by atoms with Crippen molar-refractivity contribution in [2.45, 2.75) is 92.3 Å². The van der Waals surface area contributed by atoms with Gasteiger partial charge in [0, 0.05) is 12.2 Å². The monoisotopic (exact) mass is 392 g/mol.